The Labute approximate surface area is 98.7 Å². The summed E-state index contributed by atoms with van der Waals surface area (Å²) in [6.45, 7) is 13.3. The molecular weight excluding hydrogens is 196 g/mol. The van der Waals surface area contributed by atoms with Crippen molar-refractivity contribution in [3.8, 4) is 0 Å². The van der Waals surface area contributed by atoms with Crippen molar-refractivity contribution < 1.29 is 0 Å². The van der Waals surface area contributed by atoms with E-state index in [9.17, 15) is 0 Å². The van der Waals surface area contributed by atoms with E-state index in [4.69, 9.17) is 0 Å². The molecule has 0 aromatic carbocycles. The lowest BCUT2D eigenvalue weighted by molar-refractivity contribution is 0.135. The van der Waals surface area contributed by atoms with Crippen LogP contribution in [-0.4, -0.2) is 15.4 Å². The van der Waals surface area contributed by atoms with E-state index in [-0.39, 0.29) is 5.54 Å². The van der Waals surface area contributed by atoms with Crippen molar-refractivity contribution >= 4 is 0 Å². The molecule has 1 aliphatic rings. The molecule has 0 spiro atoms. The average molecular weight is 218 g/mol. The number of nitrogens with zero attached hydrogens (tertiary/aromatic N) is 2. The van der Waals surface area contributed by atoms with Crippen LogP contribution in [0.1, 0.15) is 57.4 Å². The summed E-state index contributed by atoms with van der Waals surface area (Å²) >= 11 is 0. The van der Waals surface area contributed by atoms with Gasteiger partial charge in [0.2, 0.25) is 0 Å². The molecule has 0 bridgehead atoms. The summed E-state index contributed by atoms with van der Waals surface area (Å²) in [5.41, 5.74) is 4.27. The molecular formula is C14H22N2. The zero-order chi connectivity index (χ0) is 11.9. The predicted octanol–water partition coefficient (Wildman–Crippen LogP) is 3.32. The van der Waals surface area contributed by atoms with Crippen molar-refractivity contribution in [1.29, 1.82) is 0 Å². The Morgan fingerprint density at radius 2 is 1.94 bits per heavy atom. The minimum atomic E-state index is 0.235. The Bertz CT molecular complexity index is 388. The monoisotopic (exact) mass is 218 g/mol. The number of aromatic nitrogens is 1. The fourth-order valence-electron chi connectivity index (χ4n) is 2.07. The van der Waals surface area contributed by atoms with Gasteiger partial charge in [-0.3, -0.25) is 9.88 Å². The van der Waals surface area contributed by atoms with Crippen molar-refractivity contribution in [3.63, 3.8) is 0 Å². The Hall–Kier alpha value is -0.890. The van der Waals surface area contributed by atoms with E-state index < -0.39 is 0 Å². The van der Waals surface area contributed by atoms with Gasteiger partial charge in [-0.1, -0.05) is 19.9 Å². The maximum atomic E-state index is 4.60. The topological polar surface area (TPSA) is 16.1 Å². The molecule has 0 fully saturated rings. The highest BCUT2D eigenvalue weighted by Gasteiger charge is 2.28. The molecule has 1 aromatic rings. The van der Waals surface area contributed by atoms with Crippen LogP contribution in [0.3, 0.4) is 0 Å². The minimum Gasteiger partial charge on any atom is -0.288 e. The van der Waals surface area contributed by atoms with Gasteiger partial charge in [-0.05, 0) is 37.8 Å². The van der Waals surface area contributed by atoms with Crippen molar-refractivity contribution in [1.82, 2.24) is 9.88 Å². The average Bonchev–Trinajstić information content (AvgIpc) is 2.58. The van der Waals surface area contributed by atoms with Crippen molar-refractivity contribution in [2.24, 2.45) is 0 Å². The molecule has 2 rings (SSSR count). The van der Waals surface area contributed by atoms with Gasteiger partial charge in [0.15, 0.2) is 0 Å². The highest BCUT2D eigenvalue weighted by Crippen LogP contribution is 2.29. The van der Waals surface area contributed by atoms with Crippen LogP contribution in [0.2, 0.25) is 0 Å². The largest absolute Gasteiger partial charge is 0.288 e. The van der Waals surface area contributed by atoms with Crippen LogP contribution in [0.25, 0.3) is 0 Å². The van der Waals surface area contributed by atoms with Crippen LogP contribution in [0.4, 0.5) is 0 Å². The van der Waals surface area contributed by atoms with Crippen molar-refractivity contribution in [3.05, 3.63) is 29.1 Å². The van der Waals surface area contributed by atoms with Crippen LogP contribution in [0, 0.1) is 0 Å². The van der Waals surface area contributed by atoms with E-state index >= 15 is 0 Å². The van der Waals surface area contributed by atoms with E-state index in [0.717, 1.165) is 13.1 Å². The smallest absolute Gasteiger partial charge is 0.0589 e. The lowest BCUT2D eigenvalue weighted by Gasteiger charge is -2.30. The first-order valence-corrected chi connectivity index (χ1v) is 6.10. The second-order valence-electron chi connectivity index (χ2n) is 6.06. The van der Waals surface area contributed by atoms with Gasteiger partial charge in [-0.25, -0.2) is 0 Å². The summed E-state index contributed by atoms with van der Waals surface area (Å²) in [5, 5.41) is 0. The Balaban J connectivity index is 2.25. The van der Waals surface area contributed by atoms with Gasteiger partial charge in [0.05, 0.1) is 5.69 Å². The van der Waals surface area contributed by atoms with E-state index in [0.29, 0.717) is 5.92 Å². The summed E-state index contributed by atoms with van der Waals surface area (Å²) in [4.78, 5) is 7.08. The third-order valence-corrected chi connectivity index (χ3v) is 3.40. The maximum Gasteiger partial charge on any atom is 0.0589 e. The number of hydrogen-bond donors (Lipinski definition) is 0. The van der Waals surface area contributed by atoms with E-state index in [1.807, 2.05) is 6.20 Å². The van der Waals surface area contributed by atoms with Crippen LogP contribution in [0.5, 0.6) is 0 Å². The molecule has 0 saturated heterocycles. The molecule has 0 amide bonds. The Morgan fingerprint density at radius 1 is 1.25 bits per heavy atom. The summed E-state index contributed by atoms with van der Waals surface area (Å²) in [7, 11) is 0. The van der Waals surface area contributed by atoms with Gasteiger partial charge < -0.3 is 0 Å². The lowest BCUT2D eigenvalue weighted by atomic mass is 10.0. The molecule has 0 unspecified atom stereocenters. The molecule has 1 aliphatic heterocycles. The molecule has 2 heteroatoms. The fourth-order valence-corrected chi connectivity index (χ4v) is 2.07. The predicted molar refractivity (Wildman–Crippen MR) is 67.3 cm³/mol. The van der Waals surface area contributed by atoms with Crippen LogP contribution in [0.15, 0.2) is 12.3 Å². The summed E-state index contributed by atoms with van der Waals surface area (Å²) < 4.78 is 0. The molecule has 0 aliphatic carbocycles. The molecule has 2 heterocycles. The molecule has 88 valence electrons. The normalized spacial score (nSPS) is 16.9. The first-order chi connectivity index (χ1) is 7.38. The third-order valence-electron chi connectivity index (χ3n) is 3.40. The summed E-state index contributed by atoms with van der Waals surface area (Å²) in [6, 6.07) is 2.33. The van der Waals surface area contributed by atoms with Crippen LogP contribution >= 0.6 is 0 Å². The SMILES string of the molecule is CC(C)c1cnc2c(c1)CN(C(C)(C)C)C2. The van der Waals surface area contributed by atoms with E-state index in [1.54, 1.807) is 0 Å². The number of rotatable bonds is 1. The second kappa shape index (κ2) is 3.85. The molecule has 0 radical (unpaired) electrons. The van der Waals surface area contributed by atoms with Gasteiger partial charge in [0, 0.05) is 24.8 Å². The van der Waals surface area contributed by atoms with Crippen LogP contribution in [-0.2, 0) is 13.1 Å². The molecule has 0 N–H and O–H groups in total. The highest BCUT2D eigenvalue weighted by molar-refractivity contribution is 5.30. The van der Waals surface area contributed by atoms with Gasteiger partial charge in [0.1, 0.15) is 0 Å². The Morgan fingerprint density at radius 3 is 2.50 bits per heavy atom. The van der Waals surface area contributed by atoms with Gasteiger partial charge in [0.25, 0.3) is 0 Å². The van der Waals surface area contributed by atoms with Gasteiger partial charge in [-0.2, -0.15) is 0 Å². The van der Waals surface area contributed by atoms with Gasteiger partial charge >= 0.3 is 0 Å². The standard InChI is InChI=1S/C14H22N2/c1-10(2)11-6-12-8-16(14(3,4)5)9-13(12)15-7-11/h6-7,10H,8-9H2,1-5H3. The zero-order valence-corrected chi connectivity index (χ0v) is 11.0. The molecule has 2 nitrogen and oxygen atoms in total. The van der Waals surface area contributed by atoms with E-state index in [1.165, 1.54) is 16.8 Å². The lowest BCUT2D eigenvalue weighted by Crippen LogP contribution is -2.36. The highest BCUT2D eigenvalue weighted by atomic mass is 15.2. The summed E-state index contributed by atoms with van der Waals surface area (Å²) in [6.07, 6.45) is 2.04. The number of hydrogen-bond acceptors (Lipinski definition) is 2. The molecule has 0 atom stereocenters. The van der Waals surface area contributed by atoms with Crippen LogP contribution < -0.4 is 0 Å². The van der Waals surface area contributed by atoms with Crippen molar-refractivity contribution in [2.75, 3.05) is 0 Å². The minimum absolute atomic E-state index is 0.235. The van der Waals surface area contributed by atoms with E-state index in [2.05, 4.69) is 50.6 Å². The third kappa shape index (κ3) is 2.12. The second-order valence-corrected chi connectivity index (χ2v) is 6.06. The zero-order valence-electron chi connectivity index (χ0n) is 11.0. The Kier molecular flexibility index (Phi) is 2.79. The molecule has 1 aromatic heterocycles. The number of pyridine rings is 1. The molecule has 0 saturated carbocycles. The van der Waals surface area contributed by atoms with Crippen molar-refractivity contribution in [2.45, 2.75) is 59.2 Å². The number of fused-ring (bicyclic) bond motifs is 1. The quantitative estimate of drug-likeness (QED) is 0.719. The maximum absolute atomic E-state index is 4.60. The first kappa shape index (κ1) is 11.6. The fraction of sp³-hybridized carbons (Fsp3) is 0.643. The first-order valence-electron chi connectivity index (χ1n) is 6.10. The van der Waals surface area contributed by atoms with Gasteiger partial charge in [-0.15, -0.1) is 0 Å². The summed E-state index contributed by atoms with van der Waals surface area (Å²) in [5.74, 6) is 0.571. The molecule has 16 heavy (non-hydrogen) atoms.